The number of nitrogens with one attached hydrogen (secondary N) is 1. The van der Waals surface area contributed by atoms with Crippen LogP contribution in [0.4, 0.5) is 11.4 Å². The third-order valence-electron chi connectivity index (χ3n) is 3.17. The second-order valence-electron chi connectivity index (χ2n) is 4.52. The molecule has 0 bridgehead atoms. The number of benzene rings is 2. The zero-order valence-electron chi connectivity index (χ0n) is 12.2. The molecular weight excluding hydrogens is 268 g/mol. The Morgan fingerprint density at radius 1 is 1.05 bits per heavy atom. The second-order valence-corrected chi connectivity index (χ2v) is 4.52. The fraction of sp³-hybridized carbons (Fsp3) is 0.250. The summed E-state index contributed by atoms with van der Waals surface area (Å²) < 4.78 is 10.7. The van der Waals surface area contributed by atoms with Crippen LogP contribution in [-0.4, -0.2) is 32.5 Å². The summed E-state index contributed by atoms with van der Waals surface area (Å²) in [6, 6.07) is 11.2. The van der Waals surface area contributed by atoms with Gasteiger partial charge in [0.1, 0.15) is 11.5 Å². The first kappa shape index (κ1) is 15.0. The highest BCUT2D eigenvalue weighted by atomic mass is 16.5. The highest BCUT2D eigenvalue weighted by Crippen LogP contribution is 2.38. The molecular formula is C16H20N2O3. The van der Waals surface area contributed by atoms with Crippen LogP contribution in [0.1, 0.15) is 0 Å². The Bertz CT molecular complexity index is 614. The summed E-state index contributed by atoms with van der Waals surface area (Å²) in [5.74, 6) is 1.47. The number of anilines is 2. The molecule has 5 nitrogen and oxygen atoms in total. The molecule has 0 heterocycles. The molecule has 2 aromatic carbocycles. The maximum atomic E-state index is 8.99. The van der Waals surface area contributed by atoms with Gasteiger partial charge in [-0.1, -0.05) is 0 Å². The van der Waals surface area contributed by atoms with Crippen LogP contribution in [0.25, 0.3) is 11.1 Å². The van der Waals surface area contributed by atoms with Crippen molar-refractivity contribution in [2.24, 2.45) is 0 Å². The van der Waals surface area contributed by atoms with Gasteiger partial charge in [0.25, 0.3) is 0 Å². The van der Waals surface area contributed by atoms with Crippen LogP contribution in [0.15, 0.2) is 36.4 Å². The fourth-order valence-electron chi connectivity index (χ4n) is 2.15. The second kappa shape index (κ2) is 6.85. The molecule has 0 amide bonds. The summed E-state index contributed by atoms with van der Waals surface area (Å²) in [4.78, 5) is 0. The fourth-order valence-corrected chi connectivity index (χ4v) is 2.15. The van der Waals surface area contributed by atoms with Gasteiger partial charge in [0.05, 0.1) is 20.8 Å². The van der Waals surface area contributed by atoms with E-state index in [0.717, 1.165) is 28.3 Å². The van der Waals surface area contributed by atoms with E-state index in [-0.39, 0.29) is 6.61 Å². The SMILES string of the molecule is COc1ccc(OC)c(-c2cc(N)ccc2NCCO)c1. The number of aliphatic hydroxyl groups excluding tert-OH is 1. The summed E-state index contributed by atoms with van der Waals surface area (Å²) in [6.45, 7) is 0.516. The Morgan fingerprint density at radius 3 is 2.52 bits per heavy atom. The largest absolute Gasteiger partial charge is 0.497 e. The molecule has 0 aliphatic heterocycles. The molecule has 2 rings (SSSR count). The molecule has 0 aliphatic carbocycles. The summed E-state index contributed by atoms with van der Waals surface area (Å²) in [6.07, 6.45) is 0. The zero-order chi connectivity index (χ0) is 15.2. The lowest BCUT2D eigenvalue weighted by molar-refractivity contribution is 0.311. The number of nitrogens with two attached hydrogens (primary N) is 1. The quantitative estimate of drug-likeness (QED) is 0.711. The molecule has 0 aliphatic rings. The first-order valence-electron chi connectivity index (χ1n) is 6.66. The lowest BCUT2D eigenvalue weighted by Gasteiger charge is -2.16. The van der Waals surface area contributed by atoms with Crippen LogP contribution in [0.5, 0.6) is 11.5 Å². The van der Waals surface area contributed by atoms with E-state index >= 15 is 0 Å². The Morgan fingerprint density at radius 2 is 1.86 bits per heavy atom. The number of hydrogen-bond acceptors (Lipinski definition) is 5. The van der Waals surface area contributed by atoms with Crippen LogP contribution < -0.4 is 20.5 Å². The highest BCUT2D eigenvalue weighted by molar-refractivity contribution is 5.84. The van der Waals surface area contributed by atoms with Crippen LogP contribution in [0.3, 0.4) is 0 Å². The normalized spacial score (nSPS) is 10.2. The Kier molecular flexibility index (Phi) is 4.90. The van der Waals surface area contributed by atoms with Crippen molar-refractivity contribution in [3.05, 3.63) is 36.4 Å². The van der Waals surface area contributed by atoms with E-state index in [1.807, 2.05) is 36.4 Å². The molecule has 0 atom stereocenters. The number of aliphatic hydroxyl groups is 1. The standard InChI is InChI=1S/C16H20N2O3/c1-20-12-4-6-16(21-2)14(10-12)13-9-11(17)3-5-15(13)18-7-8-19/h3-6,9-10,18-19H,7-8,17H2,1-2H3. The molecule has 21 heavy (non-hydrogen) atoms. The smallest absolute Gasteiger partial charge is 0.127 e. The van der Waals surface area contributed by atoms with Crippen molar-refractivity contribution >= 4 is 11.4 Å². The van der Waals surface area contributed by atoms with Crippen LogP contribution >= 0.6 is 0 Å². The first-order valence-corrected chi connectivity index (χ1v) is 6.66. The number of hydrogen-bond donors (Lipinski definition) is 3. The lowest BCUT2D eigenvalue weighted by atomic mass is 10.0. The maximum Gasteiger partial charge on any atom is 0.127 e. The molecule has 0 fully saturated rings. The third-order valence-corrected chi connectivity index (χ3v) is 3.17. The topological polar surface area (TPSA) is 76.7 Å². The molecule has 0 unspecified atom stereocenters. The van der Waals surface area contributed by atoms with Crippen molar-refractivity contribution < 1.29 is 14.6 Å². The maximum absolute atomic E-state index is 8.99. The van der Waals surface area contributed by atoms with Crippen LogP contribution in [-0.2, 0) is 0 Å². The van der Waals surface area contributed by atoms with Gasteiger partial charge >= 0.3 is 0 Å². The van der Waals surface area contributed by atoms with Gasteiger partial charge in [0, 0.05) is 29.0 Å². The van der Waals surface area contributed by atoms with Gasteiger partial charge in [0.2, 0.25) is 0 Å². The van der Waals surface area contributed by atoms with E-state index in [1.165, 1.54) is 0 Å². The van der Waals surface area contributed by atoms with E-state index in [0.29, 0.717) is 12.2 Å². The number of ether oxygens (including phenoxy) is 2. The Balaban J connectivity index is 2.55. The third kappa shape index (κ3) is 3.38. The highest BCUT2D eigenvalue weighted by Gasteiger charge is 2.12. The number of rotatable bonds is 6. The van der Waals surface area contributed by atoms with Gasteiger partial charge in [-0.2, -0.15) is 0 Å². The molecule has 0 saturated heterocycles. The number of nitrogen functional groups attached to an aromatic ring is 1. The minimum atomic E-state index is 0.0546. The van der Waals surface area contributed by atoms with E-state index in [2.05, 4.69) is 5.32 Å². The summed E-state index contributed by atoms with van der Waals surface area (Å²) in [5, 5.41) is 12.2. The summed E-state index contributed by atoms with van der Waals surface area (Å²) in [7, 11) is 3.24. The molecule has 0 aromatic heterocycles. The van der Waals surface area contributed by atoms with E-state index in [9.17, 15) is 0 Å². The van der Waals surface area contributed by atoms with Crippen molar-refractivity contribution in [2.75, 3.05) is 38.4 Å². The molecule has 0 spiro atoms. The molecule has 112 valence electrons. The van der Waals surface area contributed by atoms with Crippen molar-refractivity contribution in [3.63, 3.8) is 0 Å². The van der Waals surface area contributed by atoms with Crippen LogP contribution in [0, 0.1) is 0 Å². The monoisotopic (exact) mass is 288 g/mol. The molecule has 4 N–H and O–H groups in total. The Hall–Kier alpha value is -2.40. The predicted molar refractivity (Wildman–Crippen MR) is 85.0 cm³/mol. The van der Waals surface area contributed by atoms with Gasteiger partial charge < -0.3 is 25.6 Å². The van der Waals surface area contributed by atoms with E-state index < -0.39 is 0 Å². The van der Waals surface area contributed by atoms with E-state index in [1.54, 1.807) is 14.2 Å². The average Bonchev–Trinajstić information content (AvgIpc) is 2.53. The zero-order valence-corrected chi connectivity index (χ0v) is 12.2. The van der Waals surface area contributed by atoms with Crippen molar-refractivity contribution in [1.29, 1.82) is 0 Å². The lowest BCUT2D eigenvalue weighted by Crippen LogP contribution is -2.07. The van der Waals surface area contributed by atoms with Gasteiger partial charge in [-0.15, -0.1) is 0 Å². The molecule has 2 aromatic rings. The summed E-state index contributed by atoms with van der Waals surface area (Å²) in [5.41, 5.74) is 9.22. The van der Waals surface area contributed by atoms with Crippen molar-refractivity contribution in [2.45, 2.75) is 0 Å². The predicted octanol–water partition coefficient (Wildman–Crippen LogP) is 2.36. The summed E-state index contributed by atoms with van der Waals surface area (Å²) >= 11 is 0. The first-order chi connectivity index (χ1) is 10.2. The number of methoxy groups -OCH3 is 2. The van der Waals surface area contributed by atoms with Gasteiger partial charge in [-0.05, 0) is 36.4 Å². The van der Waals surface area contributed by atoms with Gasteiger partial charge in [-0.3, -0.25) is 0 Å². The average molecular weight is 288 g/mol. The molecule has 0 saturated carbocycles. The van der Waals surface area contributed by atoms with Crippen molar-refractivity contribution in [3.8, 4) is 22.6 Å². The van der Waals surface area contributed by atoms with Gasteiger partial charge in [-0.25, -0.2) is 0 Å². The van der Waals surface area contributed by atoms with Gasteiger partial charge in [0.15, 0.2) is 0 Å². The van der Waals surface area contributed by atoms with Crippen LogP contribution in [0.2, 0.25) is 0 Å². The Labute approximate surface area is 124 Å². The van der Waals surface area contributed by atoms with E-state index in [4.69, 9.17) is 20.3 Å². The minimum absolute atomic E-state index is 0.0546. The molecule has 5 heteroatoms. The molecule has 0 radical (unpaired) electrons. The van der Waals surface area contributed by atoms with Crippen molar-refractivity contribution in [1.82, 2.24) is 0 Å². The minimum Gasteiger partial charge on any atom is -0.497 e.